The summed E-state index contributed by atoms with van der Waals surface area (Å²) in [5.41, 5.74) is 2.01. The van der Waals surface area contributed by atoms with Crippen molar-refractivity contribution in [3.05, 3.63) is 59.4 Å². The molecule has 3 amide bonds. The fourth-order valence-corrected chi connectivity index (χ4v) is 3.21. The van der Waals surface area contributed by atoms with Gasteiger partial charge in [0.25, 0.3) is 0 Å². The van der Waals surface area contributed by atoms with Gasteiger partial charge < -0.3 is 20.4 Å². The minimum Gasteiger partial charge on any atom is -0.368 e. The van der Waals surface area contributed by atoms with Crippen LogP contribution in [0, 0.1) is 0 Å². The van der Waals surface area contributed by atoms with Gasteiger partial charge in [-0.3, -0.25) is 9.78 Å². The predicted octanol–water partition coefficient (Wildman–Crippen LogP) is 2.27. The van der Waals surface area contributed by atoms with Crippen molar-refractivity contribution in [1.29, 1.82) is 0 Å². The van der Waals surface area contributed by atoms with Crippen LogP contribution in [0.1, 0.15) is 12.5 Å². The number of amides is 3. The molecule has 0 bridgehead atoms. The first-order chi connectivity index (χ1) is 13.5. The number of urea groups is 1. The lowest BCUT2D eigenvalue weighted by atomic mass is 10.2. The average Bonchev–Trinajstić information content (AvgIpc) is 2.72. The molecule has 1 unspecified atom stereocenters. The van der Waals surface area contributed by atoms with E-state index in [-0.39, 0.29) is 11.9 Å². The Bertz CT molecular complexity index is 809. The predicted molar refractivity (Wildman–Crippen MR) is 109 cm³/mol. The minimum absolute atomic E-state index is 0.220. The molecule has 0 radical (unpaired) electrons. The zero-order valence-corrected chi connectivity index (χ0v) is 16.5. The number of halogens is 1. The Labute approximate surface area is 169 Å². The van der Waals surface area contributed by atoms with E-state index in [0.717, 1.165) is 24.3 Å². The molecule has 1 atom stereocenters. The number of hydrogen-bond donors (Lipinski definition) is 2. The second kappa shape index (κ2) is 9.41. The summed E-state index contributed by atoms with van der Waals surface area (Å²) in [6, 6.07) is 10.5. The normalized spacial score (nSPS) is 15.1. The molecule has 148 valence electrons. The summed E-state index contributed by atoms with van der Waals surface area (Å²) in [6.07, 6.45) is 3.35. The molecular formula is C20H24ClN5O2. The largest absolute Gasteiger partial charge is 0.368 e. The van der Waals surface area contributed by atoms with Crippen molar-refractivity contribution < 1.29 is 9.59 Å². The van der Waals surface area contributed by atoms with Gasteiger partial charge in [-0.15, -0.1) is 0 Å². The van der Waals surface area contributed by atoms with Crippen LogP contribution in [0.3, 0.4) is 0 Å². The molecule has 0 saturated carbocycles. The molecule has 1 aromatic carbocycles. The molecule has 2 N–H and O–H groups in total. The van der Waals surface area contributed by atoms with E-state index < -0.39 is 6.04 Å². The highest BCUT2D eigenvalue weighted by molar-refractivity contribution is 6.30. The number of rotatable bonds is 5. The van der Waals surface area contributed by atoms with Gasteiger partial charge in [0.05, 0.1) is 0 Å². The van der Waals surface area contributed by atoms with E-state index >= 15 is 0 Å². The van der Waals surface area contributed by atoms with Crippen molar-refractivity contribution in [3.63, 3.8) is 0 Å². The lowest BCUT2D eigenvalue weighted by Crippen LogP contribution is -2.55. The van der Waals surface area contributed by atoms with Gasteiger partial charge in [0.15, 0.2) is 0 Å². The maximum Gasteiger partial charge on any atom is 0.318 e. The molecule has 7 nitrogen and oxygen atoms in total. The molecule has 3 rings (SSSR count). The second-order valence-corrected chi connectivity index (χ2v) is 7.13. The van der Waals surface area contributed by atoms with Crippen LogP contribution in [-0.4, -0.2) is 54.0 Å². The van der Waals surface area contributed by atoms with Crippen molar-refractivity contribution >= 4 is 29.2 Å². The van der Waals surface area contributed by atoms with Crippen molar-refractivity contribution in [3.8, 4) is 0 Å². The average molecular weight is 402 g/mol. The molecule has 8 heteroatoms. The zero-order valence-electron chi connectivity index (χ0n) is 15.8. The van der Waals surface area contributed by atoms with Crippen LogP contribution in [0.15, 0.2) is 48.8 Å². The Balaban J connectivity index is 1.44. The van der Waals surface area contributed by atoms with Gasteiger partial charge in [-0.05, 0) is 42.8 Å². The Morgan fingerprint density at radius 1 is 1.14 bits per heavy atom. The third kappa shape index (κ3) is 5.36. The van der Waals surface area contributed by atoms with E-state index in [2.05, 4.69) is 20.5 Å². The molecule has 1 aliphatic heterocycles. The van der Waals surface area contributed by atoms with E-state index in [1.54, 1.807) is 24.2 Å². The highest BCUT2D eigenvalue weighted by Gasteiger charge is 2.24. The maximum absolute atomic E-state index is 12.5. The Kier molecular flexibility index (Phi) is 6.71. The fourth-order valence-electron chi connectivity index (χ4n) is 3.03. The highest BCUT2D eigenvalue weighted by Crippen LogP contribution is 2.20. The summed E-state index contributed by atoms with van der Waals surface area (Å²) in [7, 11) is 0. The number of hydrogen-bond acceptors (Lipinski definition) is 4. The summed E-state index contributed by atoms with van der Waals surface area (Å²) in [4.78, 5) is 32.6. The summed E-state index contributed by atoms with van der Waals surface area (Å²) in [5.74, 6) is -0.220. The van der Waals surface area contributed by atoms with Crippen molar-refractivity contribution in [2.45, 2.75) is 19.5 Å². The highest BCUT2D eigenvalue weighted by atomic mass is 35.5. The van der Waals surface area contributed by atoms with E-state index in [1.807, 2.05) is 36.4 Å². The number of pyridine rings is 1. The van der Waals surface area contributed by atoms with Crippen LogP contribution in [0.25, 0.3) is 0 Å². The van der Waals surface area contributed by atoms with Gasteiger partial charge >= 0.3 is 6.03 Å². The summed E-state index contributed by atoms with van der Waals surface area (Å²) < 4.78 is 0. The van der Waals surface area contributed by atoms with Gasteiger partial charge in [0.1, 0.15) is 6.04 Å². The third-order valence-corrected chi connectivity index (χ3v) is 4.92. The van der Waals surface area contributed by atoms with Crippen LogP contribution in [-0.2, 0) is 11.3 Å². The Morgan fingerprint density at radius 2 is 1.86 bits per heavy atom. The smallest absolute Gasteiger partial charge is 0.318 e. The van der Waals surface area contributed by atoms with Gasteiger partial charge in [0, 0.05) is 55.8 Å². The van der Waals surface area contributed by atoms with E-state index in [9.17, 15) is 9.59 Å². The molecule has 0 spiro atoms. The zero-order chi connectivity index (χ0) is 19.9. The van der Waals surface area contributed by atoms with Crippen molar-refractivity contribution in [2.24, 2.45) is 0 Å². The van der Waals surface area contributed by atoms with Crippen LogP contribution in [0.4, 0.5) is 10.5 Å². The van der Waals surface area contributed by atoms with Gasteiger partial charge in [-0.1, -0.05) is 17.7 Å². The summed E-state index contributed by atoms with van der Waals surface area (Å²) in [5, 5.41) is 6.29. The first-order valence-electron chi connectivity index (χ1n) is 9.25. The number of aromatic nitrogens is 1. The number of carbonyl (C=O) groups excluding carboxylic acids is 2. The Hall–Kier alpha value is -2.80. The molecule has 2 aromatic rings. The molecule has 2 heterocycles. The number of nitrogens with one attached hydrogen (secondary N) is 2. The summed E-state index contributed by atoms with van der Waals surface area (Å²) in [6.45, 7) is 4.70. The first kappa shape index (κ1) is 19.9. The van der Waals surface area contributed by atoms with E-state index in [0.29, 0.717) is 24.7 Å². The van der Waals surface area contributed by atoms with Crippen molar-refractivity contribution in [1.82, 2.24) is 20.5 Å². The maximum atomic E-state index is 12.5. The topological polar surface area (TPSA) is 77.6 Å². The number of nitrogens with zero attached hydrogens (tertiary/aromatic N) is 3. The quantitative estimate of drug-likeness (QED) is 0.805. The number of anilines is 1. The molecule has 28 heavy (non-hydrogen) atoms. The first-order valence-corrected chi connectivity index (χ1v) is 9.63. The van der Waals surface area contributed by atoms with Crippen LogP contribution in [0.5, 0.6) is 0 Å². The molecule has 0 aliphatic carbocycles. The Morgan fingerprint density at radius 3 is 2.54 bits per heavy atom. The SMILES string of the molecule is CC(NC(=O)N1CCN(c2cccc(Cl)c2)CC1)C(=O)NCc1ccncc1. The summed E-state index contributed by atoms with van der Waals surface area (Å²) >= 11 is 6.05. The van der Waals surface area contributed by atoms with Crippen LogP contribution >= 0.6 is 11.6 Å². The number of carbonyl (C=O) groups is 2. The molecule has 1 saturated heterocycles. The second-order valence-electron chi connectivity index (χ2n) is 6.70. The molecule has 1 aromatic heterocycles. The monoisotopic (exact) mass is 401 g/mol. The van der Waals surface area contributed by atoms with Crippen LogP contribution in [0.2, 0.25) is 5.02 Å². The van der Waals surface area contributed by atoms with Gasteiger partial charge in [-0.2, -0.15) is 0 Å². The lowest BCUT2D eigenvalue weighted by Gasteiger charge is -2.36. The molecule has 1 fully saturated rings. The molecule has 1 aliphatic rings. The van der Waals surface area contributed by atoms with Gasteiger partial charge in [0.2, 0.25) is 5.91 Å². The lowest BCUT2D eigenvalue weighted by molar-refractivity contribution is -0.122. The minimum atomic E-state index is -0.611. The van der Waals surface area contributed by atoms with E-state index in [4.69, 9.17) is 11.6 Å². The van der Waals surface area contributed by atoms with E-state index in [1.165, 1.54) is 0 Å². The van der Waals surface area contributed by atoms with Gasteiger partial charge in [-0.25, -0.2) is 4.79 Å². The third-order valence-electron chi connectivity index (χ3n) is 4.69. The molecular weight excluding hydrogens is 378 g/mol. The number of piperazine rings is 1. The fraction of sp³-hybridized carbons (Fsp3) is 0.350. The van der Waals surface area contributed by atoms with Crippen molar-refractivity contribution in [2.75, 3.05) is 31.1 Å². The number of benzene rings is 1. The standard InChI is InChI=1S/C20H24ClN5O2/c1-15(19(27)23-14-16-5-7-22-8-6-16)24-20(28)26-11-9-25(10-12-26)18-4-2-3-17(21)13-18/h2-8,13,15H,9-12,14H2,1H3,(H,23,27)(H,24,28). The van der Waals surface area contributed by atoms with Crippen LogP contribution < -0.4 is 15.5 Å².